The zero-order valence-corrected chi connectivity index (χ0v) is 24.1. The number of amides is 1. The minimum absolute atomic E-state index is 0.0812. The molecule has 1 amide bonds. The molecule has 210 valence electrons. The number of likely N-dealkylation sites (N-methyl/N-ethyl adjacent to an activating group) is 1. The lowest BCUT2D eigenvalue weighted by Crippen LogP contribution is -2.54. The summed E-state index contributed by atoms with van der Waals surface area (Å²) in [6, 6.07) is 22.2. The van der Waals surface area contributed by atoms with Gasteiger partial charge in [-0.25, -0.2) is 0 Å². The van der Waals surface area contributed by atoms with Gasteiger partial charge in [0.2, 0.25) is 5.91 Å². The number of hydrogen-bond acceptors (Lipinski definition) is 5. The average Bonchev–Trinajstić information content (AvgIpc) is 3.51. The Labute approximate surface area is 241 Å². The van der Waals surface area contributed by atoms with Crippen molar-refractivity contribution in [2.45, 2.75) is 50.2 Å². The molecule has 0 bridgehead atoms. The lowest BCUT2D eigenvalue weighted by molar-refractivity contribution is -0.118. The van der Waals surface area contributed by atoms with Gasteiger partial charge in [-0.15, -0.1) is 0 Å². The predicted molar refractivity (Wildman–Crippen MR) is 164 cm³/mol. The first-order valence-electron chi connectivity index (χ1n) is 14.5. The van der Waals surface area contributed by atoms with E-state index in [1.54, 1.807) is 7.11 Å². The van der Waals surface area contributed by atoms with Gasteiger partial charge >= 0.3 is 0 Å². The monoisotopic (exact) mass is 547 g/mol. The number of rotatable bonds is 6. The normalized spacial score (nSPS) is 26.1. The van der Waals surface area contributed by atoms with Gasteiger partial charge in [0, 0.05) is 48.7 Å². The maximum absolute atomic E-state index is 13.1. The number of nitrogens with zero attached hydrogens (tertiary/aromatic N) is 3. The van der Waals surface area contributed by atoms with Gasteiger partial charge in [0.25, 0.3) is 0 Å². The molecule has 2 N–H and O–H groups in total. The number of anilines is 1. The summed E-state index contributed by atoms with van der Waals surface area (Å²) < 4.78 is 5.44. The lowest BCUT2D eigenvalue weighted by atomic mass is 9.91. The average molecular weight is 548 g/mol. The smallest absolute Gasteiger partial charge is 0.235 e. The predicted octanol–water partition coefficient (Wildman–Crippen LogP) is 5.64. The molecular weight excluding hydrogens is 510 g/mol. The minimum atomic E-state index is -0.507. The minimum Gasteiger partial charge on any atom is -0.497 e. The summed E-state index contributed by atoms with van der Waals surface area (Å²) in [5.74, 6) is 0.995. The van der Waals surface area contributed by atoms with Crippen molar-refractivity contribution in [3.8, 4) is 5.75 Å². The second-order valence-electron chi connectivity index (χ2n) is 12.2. The van der Waals surface area contributed by atoms with Gasteiger partial charge in [-0.3, -0.25) is 14.8 Å². The molecule has 3 aliphatic rings. The number of carbonyl (C=O) groups is 1. The maximum atomic E-state index is 13.1. The number of hydrogen-bond donors (Lipinski definition) is 2. The van der Waals surface area contributed by atoms with Crippen molar-refractivity contribution in [3.63, 3.8) is 0 Å². The van der Waals surface area contributed by atoms with Crippen LogP contribution in [0.25, 0.3) is 23.1 Å². The summed E-state index contributed by atoms with van der Waals surface area (Å²) in [6.07, 6.45) is 5.00. The van der Waals surface area contributed by atoms with Crippen LogP contribution in [0.3, 0.4) is 0 Å². The molecule has 7 rings (SSSR count). The van der Waals surface area contributed by atoms with Crippen LogP contribution in [0.15, 0.2) is 60.7 Å². The second-order valence-corrected chi connectivity index (χ2v) is 12.2. The summed E-state index contributed by atoms with van der Waals surface area (Å²) >= 11 is 0. The third-order valence-corrected chi connectivity index (χ3v) is 9.40. The first kappa shape index (κ1) is 26.0. The molecule has 3 heterocycles. The van der Waals surface area contributed by atoms with E-state index in [1.807, 2.05) is 18.2 Å². The van der Waals surface area contributed by atoms with E-state index < -0.39 is 5.41 Å². The van der Waals surface area contributed by atoms with Crippen LogP contribution in [-0.4, -0.2) is 65.2 Å². The van der Waals surface area contributed by atoms with Crippen molar-refractivity contribution in [3.05, 3.63) is 88.6 Å². The summed E-state index contributed by atoms with van der Waals surface area (Å²) in [7, 11) is 3.87. The molecule has 3 aromatic carbocycles. The molecule has 7 nitrogen and oxygen atoms in total. The Morgan fingerprint density at radius 2 is 1.80 bits per heavy atom. The van der Waals surface area contributed by atoms with Gasteiger partial charge in [0.05, 0.1) is 23.7 Å². The molecule has 2 fully saturated rings. The number of methoxy groups -OCH3 is 1. The van der Waals surface area contributed by atoms with E-state index >= 15 is 0 Å². The fourth-order valence-corrected chi connectivity index (χ4v) is 7.15. The number of nitrogens with one attached hydrogen (secondary N) is 2. The summed E-state index contributed by atoms with van der Waals surface area (Å²) in [6.45, 7) is 7.86. The fourth-order valence-electron chi connectivity index (χ4n) is 7.15. The first-order valence-corrected chi connectivity index (χ1v) is 14.5. The highest BCUT2D eigenvalue weighted by Gasteiger charge is 2.65. The molecule has 4 unspecified atom stereocenters. The van der Waals surface area contributed by atoms with Crippen molar-refractivity contribution < 1.29 is 9.53 Å². The van der Waals surface area contributed by atoms with E-state index in [2.05, 4.69) is 101 Å². The Kier molecular flexibility index (Phi) is 6.25. The molecule has 1 saturated carbocycles. The van der Waals surface area contributed by atoms with Gasteiger partial charge in [-0.1, -0.05) is 42.5 Å². The Bertz CT molecular complexity index is 1650. The Morgan fingerprint density at radius 1 is 1.02 bits per heavy atom. The van der Waals surface area contributed by atoms with Crippen molar-refractivity contribution in [1.82, 2.24) is 20.0 Å². The number of ether oxygens (including phenoxy) is 1. The first-order chi connectivity index (χ1) is 19.9. The largest absolute Gasteiger partial charge is 0.497 e. The number of H-pyrrole nitrogens is 1. The van der Waals surface area contributed by atoms with Crippen LogP contribution in [0, 0.1) is 0 Å². The molecule has 41 heavy (non-hydrogen) atoms. The van der Waals surface area contributed by atoms with Gasteiger partial charge in [0.15, 0.2) is 0 Å². The zero-order chi connectivity index (χ0) is 28.3. The molecular formula is C34H37N5O2. The molecule has 4 aromatic rings. The molecule has 4 atom stereocenters. The molecule has 1 aromatic heterocycles. The highest BCUT2D eigenvalue weighted by atomic mass is 16.5. The van der Waals surface area contributed by atoms with E-state index in [-0.39, 0.29) is 11.8 Å². The highest BCUT2D eigenvalue weighted by molar-refractivity contribution is 6.10. The van der Waals surface area contributed by atoms with Crippen LogP contribution in [0.1, 0.15) is 54.1 Å². The number of fused-ring (bicyclic) bond motifs is 3. The summed E-state index contributed by atoms with van der Waals surface area (Å²) in [5.41, 5.74) is 6.98. The molecule has 1 aliphatic carbocycles. The number of aromatic amines is 1. The van der Waals surface area contributed by atoms with Gasteiger partial charge in [-0.2, -0.15) is 5.10 Å². The Morgan fingerprint density at radius 3 is 2.56 bits per heavy atom. The zero-order valence-electron chi connectivity index (χ0n) is 24.1. The van der Waals surface area contributed by atoms with Crippen molar-refractivity contribution in [1.29, 1.82) is 0 Å². The Hall–Kier alpha value is -3.94. The second kappa shape index (κ2) is 9.86. The van der Waals surface area contributed by atoms with Gasteiger partial charge in [0.1, 0.15) is 5.75 Å². The van der Waals surface area contributed by atoms with Crippen molar-refractivity contribution in [2.24, 2.45) is 0 Å². The maximum Gasteiger partial charge on any atom is 0.235 e. The summed E-state index contributed by atoms with van der Waals surface area (Å²) in [4.78, 5) is 18.1. The van der Waals surface area contributed by atoms with Crippen LogP contribution in [0.2, 0.25) is 0 Å². The van der Waals surface area contributed by atoms with Crippen molar-refractivity contribution in [2.75, 3.05) is 32.6 Å². The Balaban J connectivity index is 1.06. The van der Waals surface area contributed by atoms with E-state index in [0.29, 0.717) is 12.1 Å². The third-order valence-electron chi connectivity index (χ3n) is 9.40. The standard InChI is InChI=1S/C34H37N5O2/c1-21-18-38(3)19-22(2)39(21)20-24-7-5-23(6-8-24)9-13-30-27-12-10-25(15-32(27)37-36-30)29-17-34(29)28-16-26(41-4)11-14-31(28)35-33(34)40/h5-16,21-22,29H,17-20H2,1-4H3,(H,35,40)(H,36,37)/b13-9+. The number of carbonyl (C=O) groups excluding carboxylic acids is 1. The molecule has 7 heteroatoms. The SMILES string of the molecule is COc1ccc2c(c1)C1(CC1c1ccc3c(/C=C/c4ccc(CN5C(C)CN(C)CC5C)cc4)n[nH]c3c1)C(=O)N2. The topological polar surface area (TPSA) is 73.5 Å². The number of benzene rings is 3. The molecule has 1 saturated heterocycles. The van der Waals surface area contributed by atoms with Crippen molar-refractivity contribution >= 4 is 34.6 Å². The van der Waals surface area contributed by atoms with Gasteiger partial charge in [-0.05, 0) is 79.9 Å². The van der Waals surface area contributed by atoms with E-state index in [9.17, 15) is 4.79 Å². The van der Waals surface area contributed by atoms with Crippen LogP contribution in [0.4, 0.5) is 5.69 Å². The van der Waals surface area contributed by atoms with Crippen LogP contribution in [0.5, 0.6) is 5.75 Å². The summed E-state index contributed by atoms with van der Waals surface area (Å²) in [5, 5.41) is 12.0. The van der Waals surface area contributed by atoms with Crippen LogP contribution >= 0.6 is 0 Å². The van der Waals surface area contributed by atoms with Crippen LogP contribution < -0.4 is 10.1 Å². The third kappa shape index (κ3) is 4.44. The van der Waals surface area contributed by atoms with E-state index in [4.69, 9.17) is 4.74 Å². The lowest BCUT2D eigenvalue weighted by Gasteiger charge is -2.43. The van der Waals surface area contributed by atoms with Gasteiger partial charge < -0.3 is 15.0 Å². The van der Waals surface area contributed by atoms with E-state index in [0.717, 1.165) is 70.8 Å². The van der Waals surface area contributed by atoms with Crippen LogP contribution in [-0.2, 0) is 16.8 Å². The highest BCUT2D eigenvalue weighted by Crippen LogP contribution is 2.65. The molecule has 1 spiro atoms. The quantitative estimate of drug-likeness (QED) is 0.327. The van der Waals surface area contributed by atoms with E-state index in [1.165, 1.54) is 5.56 Å². The number of aromatic nitrogens is 2. The number of piperazine rings is 1. The molecule has 0 radical (unpaired) electrons. The molecule has 2 aliphatic heterocycles. The fraction of sp³-hybridized carbons (Fsp3) is 0.353.